The molecule has 0 aliphatic heterocycles. The Morgan fingerprint density at radius 2 is 1.93 bits per heavy atom. The zero-order chi connectivity index (χ0) is 12.1. The number of aryl methyl sites for hydroxylation is 1. The molecule has 0 aromatic carbocycles. The predicted molar refractivity (Wildman–Crippen MR) is 50.4 cm³/mol. The summed E-state index contributed by atoms with van der Waals surface area (Å²) in [6.45, 7) is 5.40. The molecule has 0 amide bonds. The number of alkyl halides is 3. The number of nitrogens with zero attached hydrogens (tertiary/aromatic N) is 2. The summed E-state index contributed by atoms with van der Waals surface area (Å²) < 4.78 is 37.5. The highest BCUT2D eigenvalue weighted by Crippen LogP contribution is 2.28. The summed E-state index contributed by atoms with van der Waals surface area (Å²) in [7, 11) is 0. The van der Waals surface area contributed by atoms with E-state index in [0.717, 1.165) is 6.20 Å². The van der Waals surface area contributed by atoms with E-state index >= 15 is 0 Å². The Kier molecular flexibility index (Phi) is 5.35. The van der Waals surface area contributed by atoms with Gasteiger partial charge in [-0.2, -0.15) is 13.2 Å². The summed E-state index contributed by atoms with van der Waals surface area (Å²) in [6.07, 6.45) is -3.52. The summed E-state index contributed by atoms with van der Waals surface area (Å²) in [6, 6.07) is 0. The molecule has 0 spiro atoms. The highest BCUT2D eigenvalue weighted by Gasteiger charge is 2.34. The van der Waals surface area contributed by atoms with E-state index in [0.29, 0.717) is 0 Å². The Bertz CT molecular complexity index is 294. The summed E-state index contributed by atoms with van der Waals surface area (Å²) >= 11 is 0. The van der Waals surface area contributed by atoms with Crippen molar-refractivity contribution in [1.29, 1.82) is 0 Å². The number of imidazole rings is 1. The number of rotatable bonds is 2. The molecule has 3 nitrogen and oxygen atoms in total. The lowest BCUT2D eigenvalue weighted by Gasteiger charge is -2.00. The van der Waals surface area contributed by atoms with Crippen LogP contribution >= 0.6 is 0 Å². The predicted octanol–water partition coefficient (Wildman–Crippen LogP) is 2.23. The molecule has 0 radical (unpaired) electrons. The summed E-state index contributed by atoms with van der Waals surface area (Å²) in [5.41, 5.74) is -0.918. The summed E-state index contributed by atoms with van der Waals surface area (Å²) in [4.78, 5) is 3.33. The standard InChI is InChI=1S/C7H9F3N2O.C2H6/c1-5-11-6(7(8,9)10)4-12(5)2-3-13;1-2/h4,13H,2-3H2,1H3;1-2H3. The molecule has 0 unspecified atom stereocenters. The Morgan fingerprint density at radius 1 is 1.40 bits per heavy atom. The number of aromatic nitrogens is 2. The van der Waals surface area contributed by atoms with E-state index in [1.807, 2.05) is 13.8 Å². The average molecular weight is 224 g/mol. The first kappa shape index (κ1) is 14.0. The van der Waals surface area contributed by atoms with Gasteiger partial charge < -0.3 is 9.67 Å². The SMILES string of the molecule is CC.Cc1nc(C(F)(F)F)cn1CCO. The van der Waals surface area contributed by atoms with Crippen LogP contribution in [0.1, 0.15) is 25.4 Å². The molecule has 6 heteroatoms. The van der Waals surface area contributed by atoms with Gasteiger partial charge in [-0.25, -0.2) is 4.98 Å². The van der Waals surface area contributed by atoms with E-state index in [1.165, 1.54) is 11.5 Å². The van der Waals surface area contributed by atoms with Crippen molar-refractivity contribution in [1.82, 2.24) is 9.55 Å². The van der Waals surface area contributed by atoms with E-state index in [1.54, 1.807) is 0 Å². The van der Waals surface area contributed by atoms with Crippen LogP contribution in [0.3, 0.4) is 0 Å². The highest BCUT2D eigenvalue weighted by molar-refractivity contribution is 5.06. The molecule has 0 fully saturated rings. The smallest absolute Gasteiger partial charge is 0.395 e. The van der Waals surface area contributed by atoms with E-state index < -0.39 is 11.9 Å². The zero-order valence-electron chi connectivity index (χ0n) is 8.97. The second-order valence-corrected chi connectivity index (χ2v) is 2.59. The fourth-order valence-electron chi connectivity index (χ4n) is 0.979. The van der Waals surface area contributed by atoms with Crippen LogP contribution in [0.15, 0.2) is 6.20 Å². The Labute approximate surface area is 86.6 Å². The van der Waals surface area contributed by atoms with Crippen molar-refractivity contribution in [3.63, 3.8) is 0 Å². The van der Waals surface area contributed by atoms with Crippen LogP contribution in [0.5, 0.6) is 0 Å². The van der Waals surface area contributed by atoms with Crippen molar-refractivity contribution in [2.75, 3.05) is 6.61 Å². The lowest BCUT2D eigenvalue weighted by atomic mass is 10.5. The minimum absolute atomic E-state index is 0.134. The number of hydrogen-bond acceptors (Lipinski definition) is 2. The molecule has 1 aromatic rings. The Morgan fingerprint density at radius 3 is 2.27 bits per heavy atom. The molecular formula is C9H15F3N2O. The number of aliphatic hydroxyl groups excluding tert-OH is 1. The quantitative estimate of drug-likeness (QED) is 0.836. The van der Waals surface area contributed by atoms with Gasteiger partial charge in [-0.3, -0.25) is 0 Å². The number of aliphatic hydroxyl groups is 1. The molecule has 0 saturated carbocycles. The maximum absolute atomic E-state index is 12.1. The van der Waals surface area contributed by atoms with Crippen molar-refractivity contribution in [3.8, 4) is 0 Å². The lowest BCUT2D eigenvalue weighted by Crippen LogP contribution is -2.05. The lowest BCUT2D eigenvalue weighted by molar-refractivity contribution is -0.141. The highest BCUT2D eigenvalue weighted by atomic mass is 19.4. The molecule has 1 heterocycles. The first-order valence-electron chi connectivity index (χ1n) is 4.67. The maximum Gasteiger partial charge on any atom is 0.434 e. The van der Waals surface area contributed by atoms with Crippen LogP contribution in [-0.2, 0) is 12.7 Å². The molecule has 0 saturated heterocycles. The van der Waals surface area contributed by atoms with Crippen LogP contribution in [-0.4, -0.2) is 21.3 Å². The van der Waals surface area contributed by atoms with Crippen molar-refractivity contribution < 1.29 is 18.3 Å². The van der Waals surface area contributed by atoms with Gasteiger partial charge in [0.25, 0.3) is 0 Å². The van der Waals surface area contributed by atoms with Gasteiger partial charge in [0, 0.05) is 12.7 Å². The van der Waals surface area contributed by atoms with Crippen LogP contribution in [0, 0.1) is 6.92 Å². The van der Waals surface area contributed by atoms with Gasteiger partial charge in [0.2, 0.25) is 0 Å². The van der Waals surface area contributed by atoms with E-state index in [4.69, 9.17) is 5.11 Å². The van der Waals surface area contributed by atoms with E-state index in [-0.39, 0.29) is 19.0 Å². The molecule has 1 rings (SSSR count). The maximum atomic E-state index is 12.1. The topological polar surface area (TPSA) is 38.0 Å². The average Bonchev–Trinajstić information content (AvgIpc) is 2.52. The monoisotopic (exact) mass is 224 g/mol. The van der Waals surface area contributed by atoms with E-state index in [2.05, 4.69) is 4.98 Å². The third kappa shape index (κ3) is 3.91. The van der Waals surface area contributed by atoms with Gasteiger partial charge in [0.15, 0.2) is 5.69 Å². The normalized spacial score (nSPS) is 10.9. The van der Waals surface area contributed by atoms with Crippen molar-refractivity contribution in [3.05, 3.63) is 17.7 Å². The van der Waals surface area contributed by atoms with Crippen LogP contribution in [0.4, 0.5) is 13.2 Å². The van der Waals surface area contributed by atoms with Gasteiger partial charge in [0.05, 0.1) is 6.61 Å². The Balaban J connectivity index is 0.000000921. The molecule has 0 aliphatic carbocycles. The second-order valence-electron chi connectivity index (χ2n) is 2.59. The first-order valence-corrected chi connectivity index (χ1v) is 4.67. The fourth-order valence-corrected chi connectivity index (χ4v) is 0.979. The minimum Gasteiger partial charge on any atom is -0.395 e. The van der Waals surface area contributed by atoms with E-state index in [9.17, 15) is 13.2 Å². The van der Waals surface area contributed by atoms with Crippen LogP contribution < -0.4 is 0 Å². The summed E-state index contributed by atoms with van der Waals surface area (Å²) in [5, 5.41) is 8.53. The molecule has 0 aliphatic rings. The Hall–Kier alpha value is -1.04. The third-order valence-corrected chi connectivity index (χ3v) is 1.61. The fraction of sp³-hybridized carbons (Fsp3) is 0.667. The molecule has 1 aromatic heterocycles. The molecule has 1 N–H and O–H groups in total. The molecular weight excluding hydrogens is 209 g/mol. The molecule has 88 valence electrons. The first-order chi connectivity index (χ1) is 6.95. The number of hydrogen-bond donors (Lipinski definition) is 1. The summed E-state index contributed by atoms with van der Waals surface area (Å²) in [5.74, 6) is 0.251. The van der Waals surface area contributed by atoms with Crippen molar-refractivity contribution >= 4 is 0 Å². The van der Waals surface area contributed by atoms with Gasteiger partial charge in [0.1, 0.15) is 5.82 Å². The molecule has 0 bridgehead atoms. The zero-order valence-corrected chi connectivity index (χ0v) is 8.97. The second kappa shape index (κ2) is 5.75. The minimum atomic E-state index is -4.41. The van der Waals surface area contributed by atoms with Crippen molar-refractivity contribution in [2.24, 2.45) is 0 Å². The van der Waals surface area contributed by atoms with Gasteiger partial charge in [-0.05, 0) is 6.92 Å². The third-order valence-electron chi connectivity index (χ3n) is 1.61. The number of halogens is 3. The van der Waals surface area contributed by atoms with Crippen LogP contribution in [0.25, 0.3) is 0 Å². The van der Waals surface area contributed by atoms with Crippen molar-refractivity contribution in [2.45, 2.75) is 33.5 Å². The van der Waals surface area contributed by atoms with Gasteiger partial charge in [-0.15, -0.1) is 0 Å². The van der Waals surface area contributed by atoms with Gasteiger partial charge >= 0.3 is 6.18 Å². The molecule has 0 atom stereocenters. The largest absolute Gasteiger partial charge is 0.434 e. The molecule has 15 heavy (non-hydrogen) atoms. The van der Waals surface area contributed by atoms with Gasteiger partial charge in [-0.1, -0.05) is 13.8 Å². The van der Waals surface area contributed by atoms with Crippen LogP contribution in [0.2, 0.25) is 0 Å².